The normalized spacial score (nSPS) is 20.2. The third kappa shape index (κ3) is 1.72. The summed E-state index contributed by atoms with van der Waals surface area (Å²) in [6.07, 6.45) is 0.770. The van der Waals surface area contributed by atoms with E-state index in [1.54, 1.807) is 0 Å². The van der Waals surface area contributed by atoms with Crippen LogP contribution in [0.15, 0.2) is 4.79 Å². The van der Waals surface area contributed by atoms with Gasteiger partial charge in [0.1, 0.15) is 5.52 Å². The second-order valence-electron chi connectivity index (χ2n) is 3.80. The maximum atomic E-state index is 11.9. The van der Waals surface area contributed by atoms with Gasteiger partial charge in [0.05, 0.1) is 12.6 Å². The quantitative estimate of drug-likeness (QED) is 0.630. The highest BCUT2D eigenvalue weighted by molar-refractivity contribution is 6.35. The SMILES string of the molecule is O=c1[nH]c2c(Cl)nc(Cl)nc2n1[C@@H]1CCOC1. The van der Waals surface area contributed by atoms with Crippen molar-refractivity contribution in [2.75, 3.05) is 13.2 Å². The van der Waals surface area contributed by atoms with Crippen molar-refractivity contribution in [2.45, 2.75) is 12.5 Å². The van der Waals surface area contributed by atoms with Crippen molar-refractivity contribution >= 4 is 34.4 Å². The molecule has 2 aromatic heterocycles. The molecule has 0 amide bonds. The number of fused-ring (bicyclic) bond motifs is 1. The lowest BCUT2D eigenvalue weighted by molar-refractivity contribution is 0.186. The average molecular weight is 275 g/mol. The van der Waals surface area contributed by atoms with Gasteiger partial charge in [-0.1, -0.05) is 11.6 Å². The van der Waals surface area contributed by atoms with Crippen molar-refractivity contribution in [1.82, 2.24) is 19.5 Å². The molecule has 90 valence electrons. The highest BCUT2D eigenvalue weighted by Gasteiger charge is 2.24. The molecule has 6 nitrogen and oxygen atoms in total. The average Bonchev–Trinajstić information content (AvgIpc) is 2.84. The molecular weight excluding hydrogens is 267 g/mol. The summed E-state index contributed by atoms with van der Waals surface area (Å²) >= 11 is 11.6. The van der Waals surface area contributed by atoms with Gasteiger partial charge in [0.15, 0.2) is 10.8 Å². The number of hydrogen-bond acceptors (Lipinski definition) is 4. The minimum absolute atomic E-state index is 0.0224. The van der Waals surface area contributed by atoms with E-state index in [-0.39, 0.29) is 22.2 Å². The second kappa shape index (κ2) is 3.97. The van der Waals surface area contributed by atoms with Gasteiger partial charge in [-0.3, -0.25) is 4.57 Å². The predicted octanol–water partition coefficient (Wildman–Crippen LogP) is 1.39. The van der Waals surface area contributed by atoms with Gasteiger partial charge in [-0.2, -0.15) is 4.98 Å². The minimum atomic E-state index is -0.269. The number of nitrogens with zero attached hydrogens (tertiary/aromatic N) is 3. The summed E-state index contributed by atoms with van der Waals surface area (Å²) in [5.74, 6) is 0. The van der Waals surface area contributed by atoms with Crippen LogP contribution in [0.4, 0.5) is 0 Å². The van der Waals surface area contributed by atoms with Crippen molar-refractivity contribution in [3.05, 3.63) is 20.9 Å². The number of imidazole rings is 1. The van der Waals surface area contributed by atoms with E-state index in [1.165, 1.54) is 4.57 Å². The highest BCUT2D eigenvalue weighted by Crippen LogP contribution is 2.24. The van der Waals surface area contributed by atoms with Gasteiger partial charge in [0.2, 0.25) is 5.28 Å². The molecule has 1 aliphatic rings. The van der Waals surface area contributed by atoms with Gasteiger partial charge < -0.3 is 9.72 Å². The fourth-order valence-corrected chi connectivity index (χ4v) is 2.43. The van der Waals surface area contributed by atoms with Crippen molar-refractivity contribution in [3.63, 3.8) is 0 Å². The van der Waals surface area contributed by atoms with Crippen LogP contribution in [0.3, 0.4) is 0 Å². The van der Waals surface area contributed by atoms with Crippen LogP contribution >= 0.6 is 23.2 Å². The number of aromatic nitrogens is 4. The smallest absolute Gasteiger partial charge is 0.328 e. The number of rotatable bonds is 1. The molecule has 2 aromatic rings. The Morgan fingerprint density at radius 3 is 2.94 bits per heavy atom. The molecular formula is C9H8Cl2N4O2. The van der Waals surface area contributed by atoms with Crippen molar-refractivity contribution in [1.29, 1.82) is 0 Å². The molecule has 0 unspecified atom stereocenters. The van der Waals surface area contributed by atoms with E-state index in [4.69, 9.17) is 27.9 Å². The number of nitrogens with one attached hydrogen (secondary N) is 1. The van der Waals surface area contributed by atoms with E-state index in [1.807, 2.05) is 0 Å². The summed E-state index contributed by atoms with van der Waals surface area (Å²) in [6.45, 7) is 1.13. The summed E-state index contributed by atoms with van der Waals surface area (Å²) in [6, 6.07) is -0.0294. The Labute approximate surface area is 106 Å². The van der Waals surface area contributed by atoms with Crippen LogP contribution in [0.2, 0.25) is 10.4 Å². The largest absolute Gasteiger partial charge is 0.379 e. The van der Waals surface area contributed by atoms with Gasteiger partial charge in [0.25, 0.3) is 0 Å². The van der Waals surface area contributed by atoms with Crippen molar-refractivity contribution in [3.8, 4) is 0 Å². The Balaban J connectivity index is 2.29. The molecule has 1 saturated heterocycles. The first-order chi connectivity index (χ1) is 8.16. The number of halogens is 2. The minimum Gasteiger partial charge on any atom is -0.379 e. The Morgan fingerprint density at radius 2 is 2.24 bits per heavy atom. The zero-order valence-corrected chi connectivity index (χ0v) is 10.1. The first-order valence-electron chi connectivity index (χ1n) is 5.08. The molecule has 0 aromatic carbocycles. The molecule has 17 heavy (non-hydrogen) atoms. The topological polar surface area (TPSA) is 72.8 Å². The lowest BCUT2D eigenvalue weighted by Gasteiger charge is -2.08. The summed E-state index contributed by atoms with van der Waals surface area (Å²) < 4.78 is 6.79. The van der Waals surface area contributed by atoms with E-state index in [9.17, 15) is 4.79 Å². The maximum Gasteiger partial charge on any atom is 0.328 e. The lowest BCUT2D eigenvalue weighted by atomic mass is 10.2. The molecule has 3 heterocycles. The first-order valence-corrected chi connectivity index (χ1v) is 5.83. The van der Waals surface area contributed by atoms with Crippen LogP contribution in [-0.2, 0) is 4.74 Å². The van der Waals surface area contributed by atoms with E-state index in [0.717, 1.165) is 6.42 Å². The fourth-order valence-electron chi connectivity index (χ4n) is 2.01. The van der Waals surface area contributed by atoms with Crippen LogP contribution in [0.25, 0.3) is 11.2 Å². The molecule has 8 heteroatoms. The molecule has 1 aliphatic heterocycles. The van der Waals surface area contributed by atoms with E-state index in [0.29, 0.717) is 24.4 Å². The molecule has 3 rings (SSSR count). The summed E-state index contributed by atoms with van der Waals surface area (Å²) in [4.78, 5) is 22.3. The van der Waals surface area contributed by atoms with E-state index >= 15 is 0 Å². The predicted molar refractivity (Wildman–Crippen MR) is 62.6 cm³/mol. The Kier molecular flexibility index (Phi) is 2.57. The molecule has 0 radical (unpaired) electrons. The molecule has 0 bridgehead atoms. The summed E-state index contributed by atoms with van der Waals surface area (Å²) in [5.41, 5.74) is 0.567. The third-order valence-corrected chi connectivity index (χ3v) is 3.21. The lowest BCUT2D eigenvalue weighted by Crippen LogP contribution is -2.22. The van der Waals surface area contributed by atoms with E-state index < -0.39 is 0 Å². The van der Waals surface area contributed by atoms with Crippen molar-refractivity contribution < 1.29 is 4.74 Å². The van der Waals surface area contributed by atoms with Crippen LogP contribution in [-0.4, -0.2) is 32.7 Å². The zero-order valence-electron chi connectivity index (χ0n) is 8.61. The van der Waals surface area contributed by atoms with Crippen LogP contribution in [0.5, 0.6) is 0 Å². The summed E-state index contributed by atoms with van der Waals surface area (Å²) in [7, 11) is 0. The van der Waals surface area contributed by atoms with Gasteiger partial charge in [-0.05, 0) is 18.0 Å². The number of hydrogen-bond donors (Lipinski definition) is 1. The highest BCUT2D eigenvalue weighted by atomic mass is 35.5. The Morgan fingerprint density at radius 1 is 1.41 bits per heavy atom. The molecule has 1 fully saturated rings. The third-order valence-electron chi connectivity index (χ3n) is 2.77. The van der Waals surface area contributed by atoms with Gasteiger partial charge in [-0.15, -0.1) is 0 Å². The molecule has 0 spiro atoms. The molecule has 1 N–H and O–H groups in total. The molecule has 1 atom stereocenters. The Hall–Kier alpha value is -1.11. The van der Waals surface area contributed by atoms with Crippen LogP contribution < -0.4 is 5.69 Å². The van der Waals surface area contributed by atoms with Gasteiger partial charge in [0, 0.05) is 6.61 Å². The molecule has 0 aliphatic carbocycles. The van der Waals surface area contributed by atoms with Crippen LogP contribution in [0.1, 0.15) is 12.5 Å². The summed E-state index contributed by atoms with van der Waals surface area (Å²) in [5, 5.41) is 0.170. The number of aromatic amines is 1. The number of H-pyrrole nitrogens is 1. The Bertz CT molecular complexity index is 630. The van der Waals surface area contributed by atoms with Crippen LogP contribution in [0, 0.1) is 0 Å². The molecule has 0 saturated carbocycles. The zero-order chi connectivity index (χ0) is 12.0. The van der Waals surface area contributed by atoms with Crippen molar-refractivity contribution in [2.24, 2.45) is 0 Å². The van der Waals surface area contributed by atoms with E-state index in [2.05, 4.69) is 15.0 Å². The standard InChI is InChI=1S/C9H8Cl2N4O2/c10-6-5-7(14-8(11)13-6)15(9(16)12-5)4-1-2-17-3-4/h4H,1-3H2,(H,12,16)/t4-/m1/s1. The maximum absolute atomic E-state index is 11.9. The fraction of sp³-hybridized carbons (Fsp3) is 0.444. The monoisotopic (exact) mass is 274 g/mol. The first kappa shape index (κ1) is 11.0. The van der Waals surface area contributed by atoms with Gasteiger partial charge in [-0.25, -0.2) is 9.78 Å². The number of ether oxygens (including phenoxy) is 1. The van der Waals surface area contributed by atoms with Gasteiger partial charge >= 0.3 is 5.69 Å². The second-order valence-corrected chi connectivity index (χ2v) is 4.50.